The molecular formula is C20H19N3O4. The Balaban J connectivity index is 2.08. The Kier molecular flexibility index (Phi) is 5.30. The first-order chi connectivity index (χ1) is 13.0. The van der Waals surface area contributed by atoms with Gasteiger partial charge in [0.15, 0.2) is 0 Å². The number of nitrogens with zero attached hydrogens (tertiary/aromatic N) is 2. The quantitative estimate of drug-likeness (QED) is 0.510. The second-order valence-electron chi connectivity index (χ2n) is 6.18. The average Bonchev–Trinajstić information content (AvgIpc) is 2.67. The summed E-state index contributed by atoms with van der Waals surface area (Å²) < 4.78 is 0. The number of amides is 1. The van der Waals surface area contributed by atoms with Crippen LogP contribution in [0.3, 0.4) is 0 Å². The van der Waals surface area contributed by atoms with Crippen molar-refractivity contribution in [2.24, 2.45) is 0 Å². The number of benzene rings is 2. The normalized spacial score (nSPS) is 11.9. The molecule has 0 saturated heterocycles. The van der Waals surface area contributed by atoms with Crippen LogP contribution in [0.25, 0.3) is 10.9 Å². The van der Waals surface area contributed by atoms with Crippen molar-refractivity contribution in [2.45, 2.75) is 25.8 Å². The van der Waals surface area contributed by atoms with E-state index in [-0.39, 0.29) is 17.3 Å². The third-order valence-corrected chi connectivity index (χ3v) is 4.31. The third-order valence-electron chi connectivity index (χ3n) is 4.31. The van der Waals surface area contributed by atoms with Crippen LogP contribution >= 0.6 is 0 Å². The number of hydrogen-bond donors (Lipinski definition) is 2. The van der Waals surface area contributed by atoms with E-state index in [0.717, 1.165) is 5.39 Å². The molecule has 2 aromatic carbocycles. The van der Waals surface area contributed by atoms with Gasteiger partial charge >= 0.3 is 0 Å². The van der Waals surface area contributed by atoms with Crippen LogP contribution in [-0.4, -0.2) is 20.9 Å². The summed E-state index contributed by atoms with van der Waals surface area (Å²) in [5.41, 5.74) is 1.52. The van der Waals surface area contributed by atoms with Gasteiger partial charge < -0.3 is 10.4 Å². The molecule has 3 rings (SSSR count). The molecule has 0 bridgehead atoms. The number of pyridine rings is 1. The van der Waals surface area contributed by atoms with E-state index < -0.39 is 11.0 Å². The summed E-state index contributed by atoms with van der Waals surface area (Å²) in [6, 6.07) is 12.4. The summed E-state index contributed by atoms with van der Waals surface area (Å²) in [4.78, 5) is 26.9. The lowest BCUT2D eigenvalue weighted by Gasteiger charge is -2.21. The molecule has 27 heavy (non-hydrogen) atoms. The van der Waals surface area contributed by atoms with E-state index >= 15 is 0 Å². The molecule has 0 aliphatic rings. The van der Waals surface area contributed by atoms with Crippen molar-refractivity contribution in [1.82, 2.24) is 10.3 Å². The van der Waals surface area contributed by atoms with Crippen molar-refractivity contribution in [2.75, 3.05) is 0 Å². The highest BCUT2D eigenvalue weighted by molar-refractivity contribution is 5.86. The van der Waals surface area contributed by atoms with Gasteiger partial charge in [0.1, 0.15) is 11.3 Å². The van der Waals surface area contributed by atoms with Crippen molar-refractivity contribution in [3.05, 3.63) is 76.0 Å². The molecule has 0 spiro atoms. The summed E-state index contributed by atoms with van der Waals surface area (Å²) in [6.07, 6.45) is 2.61. The lowest BCUT2D eigenvalue weighted by atomic mass is 9.96. The highest BCUT2D eigenvalue weighted by atomic mass is 16.6. The Morgan fingerprint density at radius 1 is 1.22 bits per heavy atom. The van der Waals surface area contributed by atoms with Gasteiger partial charge in [0, 0.05) is 35.7 Å². The van der Waals surface area contributed by atoms with Crippen molar-refractivity contribution in [3.8, 4) is 5.75 Å². The monoisotopic (exact) mass is 365 g/mol. The number of aromatic hydroxyl groups is 1. The molecular weight excluding hydrogens is 346 g/mol. The second-order valence-corrected chi connectivity index (χ2v) is 6.18. The van der Waals surface area contributed by atoms with Crippen LogP contribution in [-0.2, 0) is 4.79 Å². The van der Waals surface area contributed by atoms with Crippen LogP contribution in [0.15, 0.2) is 54.7 Å². The van der Waals surface area contributed by atoms with Gasteiger partial charge in [0.2, 0.25) is 5.91 Å². The fourth-order valence-corrected chi connectivity index (χ4v) is 2.97. The van der Waals surface area contributed by atoms with Crippen molar-refractivity contribution in [1.29, 1.82) is 0 Å². The van der Waals surface area contributed by atoms with E-state index in [4.69, 9.17) is 0 Å². The molecule has 138 valence electrons. The number of carbonyl (C=O) groups is 1. The van der Waals surface area contributed by atoms with Gasteiger partial charge in [-0.05, 0) is 30.2 Å². The van der Waals surface area contributed by atoms with Crippen molar-refractivity contribution in [3.63, 3.8) is 0 Å². The van der Waals surface area contributed by atoms with Gasteiger partial charge in [-0.15, -0.1) is 0 Å². The third kappa shape index (κ3) is 3.87. The molecule has 1 heterocycles. The fourth-order valence-electron chi connectivity index (χ4n) is 2.97. The lowest BCUT2D eigenvalue weighted by molar-refractivity contribution is -0.384. The van der Waals surface area contributed by atoms with E-state index in [2.05, 4.69) is 10.3 Å². The first-order valence-electron chi connectivity index (χ1n) is 8.61. The maximum atomic E-state index is 12.2. The highest BCUT2D eigenvalue weighted by Crippen LogP contribution is 2.35. The molecule has 1 atom stereocenters. The molecule has 2 N–H and O–H groups in total. The largest absolute Gasteiger partial charge is 0.505 e. The first-order valence-corrected chi connectivity index (χ1v) is 8.61. The molecule has 0 aliphatic carbocycles. The topological polar surface area (TPSA) is 105 Å². The Bertz CT molecular complexity index is 986. The zero-order valence-electron chi connectivity index (χ0n) is 14.8. The molecule has 3 aromatic rings. The van der Waals surface area contributed by atoms with Crippen molar-refractivity contribution >= 4 is 22.5 Å². The number of fused-ring (bicyclic) bond motifs is 1. The van der Waals surface area contributed by atoms with Crippen LogP contribution < -0.4 is 5.32 Å². The predicted molar refractivity (Wildman–Crippen MR) is 101 cm³/mol. The summed E-state index contributed by atoms with van der Waals surface area (Å²) >= 11 is 0. The highest BCUT2D eigenvalue weighted by Gasteiger charge is 2.22. The van der Waals surface area contributed by atoms with Gasteiger partial charge in [0.05, 0.1) is 11.0 Å². The van der Waals surface area contributed by atoms with E-state index in [1.165, 1.54) is 12.1 Å². The van der Waals surface area contributed by atoms with Gasteiger partial charge in [0.25, 0.3) is 5.69 Å². The summed E-state index contributed by atoms with van der Waals surface area (Å²) in [6.45, 7) is 1.90. The van der Waals surface area contributed by atoms with Crippen molar-refractivity contribution < 1.29 is 14.8 Å². The number of hydrogen-bond acceptors (Lipinski definition) is 5. The van der Waals surface area contributed by atoms with Crippen LogP contribution in [0.5, 0.6) is 5.75 Å². The minimum Gasteiger partial charge on any atom is -0.505 e. The number of nitro groups is 1. The molecule has 0 saturated carbocycles. The summed E-state index contributed by atoms with van der Waals surface area (Å²) in [5, 5.41) is 25.3. The van der Waals surface area contributed by atoms with E-state index in [1.54, 1.807) is 30.5 Å². The van der Waals surface area contributed by atoms with E-state index in [0.29, 0.717) is 29.5 Å². The maximum Gasteiger partial charge on any atom is 0.269 e. The number of aromatic nitrogens is 1. The maximum absolute atomic E-state index is 12.2. The van der Waals surface area contributed by atoms with Crippen LogP contribution in [0.4, 0.5) is 5.69 Å². The Labute approximate surface area is 155 Å². The van der Waals surface area contributed by atoms with Gasteiger partial charge in [-0.3, -0.25) is 19.9 Å². The molecule has 7 heteroatoms. The fraction of sp³-hybridized carbons (Fsp3) is 0.200. The molecule has 7 nitrogen and oxygen atoms in total. The number of phenolic OH excluding ortho intramolecular Hbond substituents is 1. The van der Waals surface area contributed by atoms with Gasteiger partial charge in [-0.1, -0.05) is 25.1 Å². The second kappa shape index (κ2) is 7.82. The van der Waals surface area contributed by atoms with Crippen LogP contribution in [0, 0.1) is 10.1 Å². The Morgan fingerprint density at radius 3 is 2.63 bits per heavy atom. The number of non-ortho nitro benzene ring substituents is 1. The molecule has 0 aliphatic heterocycles. The number of carbonyl (C=O) groups excluding carboxylic acids is 1. The standard InChI is InChI=1S/C20H19N3O4/c1-2-4-17(24)22-18(14-6-9-15(10-7-14)23(26)27)16-11-8-13-5-3-12-21-19(13)20(16)25/h3,5-12,18,25H,2,4H2,1H3,(H,22,24)/t18-/m0/s1. The average molecular weight is 365 g/mol. The van der Waals surface area contributed by atoms with Crippen LogP contribution in [0.1, 0.15) is 36.9 Å². The summed E-state index contributed by atoms with van der Waals surface area (Å²) in [5.74, 6) is -0.186. The molecule has 1 aromatic heterocycles. The zero-order valence-corrected chi connectivity index (χ0v) is 14.8. The molecule has 0 fully saturated rings. The number of phenols is 1. The van der Waals surface area contributed by atoms with Gasteiger partial charge in [-0.2, -0.15) is 0 Å². The number of nitrogens with one attached hydrogen (secondary N) is 1. The lowest BCUT2D eigenvalue weighted by Crippen LogP contribution is -2.29. The Morgan fingerprint density at radius 2 is 1.96 bits per heavy atom. The first kappa shape index (κ1) is 18.3. The van der Waals surface area contributed by atoms with Crippen LogP contribution in [0.2, 0.25) is 0 Å². The minimum atomic E-state index is -0.642. The minimum absolute atomic E-state index is 0.0201. The molecule has 0 unspecified atom stereocenters. The number of rotatable bonds is 6. The molecule has 1 amide bonds. The van der Waals surface area contributed by atoms with E-state index in [9.17, 15) is 20.0 Å². The smallest absolute Gasteiger partial charge is 0.269 e. The van der Waals surface area contributed by atoms with E-state index in [1.807, 2.05) is 19.1 Å². The van der Waals surface area contributed by atoms with Gasteiger partial charge in [-0.25, -0.2) is 0 Å². The summed E-state index contributed by atoms with van der Waals surface area (Å²) in [7, 11) is 0. The molecule has 0 radical (unpaired) electrons. The Hall–Kier alpha value is -3.48. The SMILES string of the molecule is CCCC(=O)N[C@@H](c1ccc([N+](=O)[O-])cc1)c1ccc2cccnc2c1O. The predicted octanol–water partition coefficient (Wildman–Crippen LogP) is 3.85. The number of nitro benzene ring substituents is 1. The zero-order chi connectivity index (χ0) is 19.4.